The fourth-order valence-electron chi connectivity index (χ4n) is 5.40. The molecule has 6 rings (SSSR count). The van der Waals surface area contributed by atoms with Crippen LogP contribution in [0.15, 0.2) is 55.0 Å². The van der Waals surface area contributed by atoms with Crippen molar-refractivity contribution >= 4 is 11.5 Å². The van der Waals surface area contributed by atoms with E-state index in [0.29, 0.717) is 11.8 Å². The van der Waals surface area contributed by atoms with E-state index in [4.69, 9.17) is 5.10 Å². The Morgan fingerprint density at radius 2 is 1.72 bits per heavy atom. The Kier molecular flexibility index (Phi) is 4.64. The second-order valence-electron chi connectivity index (χ2n) is 9.17. The van der Waals surface area contributed by atoms with Gasteiger partial charge in [-0.25, -0.2) is 14.5 Å². The van der Waals surface area contributed by atoms with Crippen LogP contribution in [0.3, 0.4) is 0 Å². The molecule has 2 aliphatic heterocycles. The molecule has 0 N–H and O–H groups in total. The van der Waals surface area contributed by atoms with Crippen LogP contribution in [0.2, 0.25) is 0 Å². The lowest BCUT2D eigenvalue weighted by molar-refractivity contribution is 0.310. The van der Waals surface area contributed by atoms with E-state index in [1.807, 2.05) is 55.2 Å². The molecule has 0 spiro atoms. The van der Waals surface area contributed by atoms with E-state index in [1.165, 1.54) is 11.1 Å². The molecule has 4 aromatic heterocycles. The fourth-order valence-corrected chi connectivity index (χ4v) is 5.40. The van der Waals surface area contributed by atoms with Crippen molar-refractivity contribution < 1.29 is 0 Å². The molecular weight excluding hydrogens is 398 g/mol. The number of aromatic nitrogens is 5. The molecule has 32 heavy (non-hydrogen) atoms. The number of hydrogen-bond acceptors (Lipinski definition) is 6. The van der Waals surface area contributed by atoms with Gasteiger partial charge in [-0.1, -0.05) is 6.07 Å². The van der Waals surface area contributed by atoms with Gasteiger partial charge in [0.2, 0.25) is 5.95 Å². The second-order valence-corrected chi connectivity index (χ2v) is 9.17. The maximum absolute atomic E-state index is 4.89. The molecule has 0 aromatic carbocycles. The average molecular weight is 426 g/mol. The Morgan fingerprint density at radius 1 is 0.938 bits per heavy atom. The predicted molar refractivity (Wildman–Crippen MR) is 124 cm³/mol. The van der Waals surface area contributed by atoms with Crippen LogP contribution in [0, 0.1) is 25.7 Å². The van der Waals surface area contributed by atoms with Gasteiger partial charge in [-0.3, -0.25) is 9.88 Å². The molecule has 0 amide bonds. The summed E-state index contributed by atoms with van der Waals surface area (Å²) >= 11 is 0. The third kappa shape index (κ3) is 3.42. The summed E-state index contributed by atoms with van der Waals surface area (Å²) < 4.78 is 1.99. The minimum absolute atomic E-state index is 0.656. The second kappa shape index (κ2) is 7.67. The first-order valence-electron chi connectivity index (χ1n) is 11.3. The molecule has 7 heteroatoms. The lowest BCUT2D eigenvalue weighted by Gasteiger charge is -2.22. The van der Waals surface area contributed by atoms with Gasteiger partial charge in [-0.2, -0.15) is 5.10 Å². The number of likely N-dealkylation sites (tertiary alicyclic amines) is 1. The van der Waals surface area contributed by atoms with Crippen molar-refractivity contribution in [1.82, 2.24) is 29.5 Å². The quantitative estimate of drug-likeness (QED) is 0.500. The first kappa shape index (κ1) is 19.4. The van der Waals surface area contributed by atoms with Crippen molar-refractivity contribution in [3.63, 3.8) is 0 Å². The summed E-state index contributed by atoms with van der Waals surface area (Å²) in [5.74, 6) is 2.20. The van der Waals surface area contributed by atoms with E-state index in [1.54, 1.807) is 0 Å². The molecule has 0 bridgehead atoms. The Bertz CT molecular complexity index is 1230. The Labute approximate surface area is 187 Å². The van der Waals surface area contributed by atoms with Crippen LogP contribution in [-0.4, -0.2) is 55.6 Å². The molecule has 2 aliphatic rings. The van der Waals surface area contributed by atoms with Gasteiger partial charge in [0.05, 0.1) is 11.2 Å². The summed E-state index contributed by atoms with van der Waals surface area (Å²) in [6, 6.07) is 12.4. The van der Waals surface area contributed by atoms with Crippen molar-refractivity contribution in [3.8, 4) is 11.3 Å². The fraction of sp³-hybridized carbons (Fsp3) is 0.360. The molecule has 0 saturated carbocycles. The smallest absolute Gasteiger partial charge is 0.225 e. The summed E-state index contributed by atoms with van der Waals surface area (Å²) in [5, 5.41) is 4.89. The maximum Gasteiger partial charge on any atom is 0.225 e. The van der Waals surface area contributed by atoms with Gasteiger partial charge >= 0.3 is 0 Å². The lowest BCUT2D eigenvalue weighted by atomic mass is 10.0. The van der Waals surface area contributed by atoms with Crippen LogP contribution in [-0.2, 0) is 6.54 Å². The van der Waals surface area contributed by atoms with Gasteiger partial charge in [-0.05, 0) is 56.0 Å². The number of rotatable bonds is 4. The van der Waals surface area contributed by atoms with Crippen LogP contribution < -0.4 is 4.90 Å². The zero-order chi connectivity index (χ0) is 21.7. The zero-order valence-corrected chi connectivity index (χ0v) is 18.5. The van der Waals surface area contributed by atoms with Gasteiger partial charge in [0.15, 0.2) is 0 Å². The SMILES string of the molecule is Cc1cc(C)nc(N2C[C@H]3CN(Cc4c(-c5cccnc5)nn5ccccc45)C[C@H]3C2)n1. The highest BCUT2D eigenvalue weighted by Gasteiger charge is 2.41. The average Bonchev–Trinajstić information content (AvgIpc) is 3.46. The molecule has 2 fully saturated rings. The monoisotopic (exact) mass is 425 g/mol. The highest BCUT2D eigenvalue weighted by molar-refractivity contribution is 5.72. The summed E-state index contributed by atoms with van der Waals surface area (Å²) in [4.78, 5) is 18.7. The van der Waals surface area contributed by atoms with E-state index >= 15 is 0 Å². The summed E-state index contributed by atoms with van der Waals surface area (Å²) in [6.07, 6.45) is 5.75. The van der Waals surface area contributed by atoms with Crippen molar-refractivity contribution in [1.29, 1.82) is 0 Å². The standard InChI is InChI=1S/C25H27N7/c1-17-10-18(2)28-25(27-17)31-14-20-12-30(13-21(20)15-31)16-22-23-7-3-4-9-32(23)29-24(22)19-6-5-8-26-11-19/h3-11,20-21H,12-16H2,1-2H3/t20-,21+. The normalized spacial score (nSPS) is 20.9. The largest absolute Gasteiger partial charge is 0.340 e. The van der Waals surface area contributed by atoms with Crippen molar-refractivity contribution in [2.24, 2.45) is 11.8 Å². The zero-order valence-electron chi connectivity index (χ0n) is 18.5. The summed E-state index contributed by atoms with van der Waals surface area (Å²) in [5.41, 5.74) is 6.65. The van der Waals surface area contributed by atoms with Gasteiger partial charge in [0, 0.05) is 73.8 Å². The van der Waals surface area contributed by atoms with Crippen molar-refractivity contribution in [2.45, 2.75) is 20.4 Å². The Morgan fingerprint density at radius 3 is 2.44 bits per heavy atom. The number of nitrogens with zero attached hydrogens (tertiary/aromatic N) is 7. The van der Waals surface area contributed by atoms with Crippen molar-refractivity contribution in [3.05, 3.63) is 71.9 Å². The molecule has 0 unspecified atom stereocenters. The van der Waals surface area contributed by atoms with Crippen LogP contribution in [0.1, 0.15) is 17.0 Å². The lowest BCUT2D eigenvalue weighted by Crippen LogP contribution is -2.30. The van der Waals surface area contributed by atoms with Crippen LogP contribution in [0.25, 0.3) is 16.8 Å². The number of fused-ring (bicyclic) bond motifs is 2. The van der Waals surface area contributed by atoms with E-state index < -0.39 is 0 Å². The molecule has 6 heterocycles. The molecule has 7 nitrogen and oxygen atoms in total. The molecule has 4 aromatic rings. The third-order valence-electron chi connectivity index (χ3n) is 6.77. The minimum atomic E-state index is 0.656. The minimum Gasteiger partial charge on any atom is -0.340 e. The summed E-state index contributed by atoms with van der Waals surface area (Å²) in [6.45, 7) is 9.28. The predicted octanol–water partition coefficient (Wildman–Crippen LogP) is 3.37. The van der Waals surface area contributed by atoms with Gasteiger partial charge in [0.25, 0.3) is 0 Å². The first-order chi connectivity index (χ1) is 15.6. The number of hydrogen-bond donors (Lipinski definition) is 0. The van der Waals surface area contributed by atoms with Gasteiger partial charge in [0.1, 0.15) is 0 Å². The number of aryl methyl sites for hydroxylation is 2. The molecule has 162 valence electrons. The maximum atomic E-state index is 4.89. The highest BCUT2D eigenvalue weighted by Crippen LogP contribution is 2.35. The Hall–Kier alpha value is -3.32. The van der Waals surface area contributed by atoms with E-state index in [2.05, 4.69) is 43.0 Å². The molecule has 0 radical (unpaired) electrons. The summed E-state index contributed by atoms with van der Waals surface area (Å²) in [7, 11) is 0. The van der Waals surface area contributed by atoms with Crippen LogP contribution in [0.5, 0.6) is 0 Å². The third-order valence-corrected chi connectivity index (χ3v) is 6.77. The number of pyridine rings is 2. The van der Waals surface area contributed by atoms with Crippen molar-refractivity contribution in [2.75, 3.05) is 31.1 Å². The van der Waals surface area contributed by atoms with Gasteiger partial charge in [-0.15, -0.1) is 0 Å². The first-order valence-corrected chi connectivity index (χ1v) is 11.3. The molecule has 0 aliphatic carbocycles. The molecule has 2 saturated heterocycles. The Balaban J connectivity index is 1.23. The van der Waals surface area contributed by atoms with E-state index in [-0.39, 0.29) is 0 Å². The van der Waals surface area contributed by atoms with E-state index in [9.17, 15) is 0 Å². The molecule has 2 atom stereocenters. The van der Waals surface area contributed by atoms with Crippen LogP contribution in [0.4, 0.5) is 5.95 Å². The topological polar surface area (TPSA) is 62.5 Å². The molecular formula is C25H27N7. The van der Waals surface area contributed by atoms with E-state index in [0.717, 1.165) is 61.3 Å². The van der Waals surface area contributed by atoms with Gasteiger partial charge < -0.3 is 4.90 Å². The van der Waals surface area contributed by atoms with Crippen LogP contribution >= 0.6 is 0 Å². The number of anilines is 1. The highest BCUT2D eigenvalue weighted by atomic mass is 15.3.